The van der Waals surface area contributed by atoms with E-state index in [2.05, 4.69) is 25.4 Å². The van der Waals surface area contributed by atoms with Crippen LogP contribution in [0.2, 0.25) is 5.02 Å². The molecule has 1 aliphatic heterocycles. The van der Waals surface area contributed by atoms with Crippen LogP contribution < -0.4 is 10.2 Å². The molecule has 9 heteroatoms. The molecule has 0 radical (unpaired) electrons. The summed E-state index contributed by atoms with van der Waals surface area (Å²) < 4.78 is 10.0. The molecule has 1 fully saturated rings. The largest absolute Gasteiger partial charge is 0.465 e. The summed E-state index contributed by atoms with van der Waals surface area (Å²) in [4.78, 5) is 18.1. The molecule has 1 saturated heterocycles. The van der Waals surface area contributed by atoms with Gasteiger partial charge in [0, 0.05) is 13.1 Å². The highest BCUT2D eigenvalue weighted by Gasteiger charge is 2.15. The fourth-order valence-electron chi connectivity index (χ4n) is 2.28. The number of carbonyl (C=O) groups is 1. The Bertz CT molecular complexity index is 737. The van der Waals surface area contributed by atoms with Crippen molar-refractivity contribution in [2.24, 2.45) is 0 Å². The minimum Gasteiger partial charge on any atom is -0.465 e. The van der Waals surface area contributed by atoms with E-state index in [9.17, 15) is 4.79 Å². The number of ether oxygens (including phenoxy) is 2. The Balaban J connectivity index is 1.82. The quantitative estimate of drug-likeness (QED) is 0.837. The molecule has 1 aromatic heterocycles. The van der Waals surface area contributed by atoms with Crippen molar-refractivity contribution >= 4 is 35.0 Å². The standard InChI is InChI=1S/C15H16ClN5O3/c1-23-14(22)10-2-3-11(16)12(8-10)18-15-19-13(9-17-20-15)21-4-6-24-7-5-21/h2-3,8-9H,4-7H2,1H3,(H,18,19,20). The molecule has 0 unspecified atom stereocenters. The summed E-state index contributed by atoms with van der Waals surface area (Å²) in [5.41, 5.74) is 0.877. The zero-order valence-electron chi connectivity index (χ0n) is 13.0. The van der Waals surface area contributed by atoms with Crippen molar-refractivity contribution in [3.8, 4) is 0 Å². The number of hydrogen-bond acceptors (Lipinski definition) is 8. The number of nitrogens with zero attached hydrogens (tertiary/aromatic N) is 4. The maximum atomic E-state index is 11.6. The summed E-state index contributed by atoms with van der Waals surface area (Å²) >= 11 is 6.16. The molecule has 0 aliphatic carbocycles. The maximum absolute atomic E-state index is 11.6. The van der Waals surface area contributed by atoms with Crippen molar-refractivity contribution in [1.82, 2.24) is 15.2 Å². The van der Waals surface area contributed by atoms with E-state index in [4.69, 9.17) is 21.1 Å². The van der Waals surface area contributed by atoms with Gasteiger partial charge in [-0.3, -0.25) is 0 Å². The summed E-state index contributed by atoms with van der Waals surface area (Å²) in [5, 5.41) is 11.3. The van der Waals surface area contributed by atoms with Gasteiger partial charge in [0.15, 0.2) is 5.82 Å². The third-order valence-corrected chi connectivity index (χ3v) is 3.84. The van der Waals surface area contributed by atoms with E-state index in [-0.39, 0.29) is 0 Å². The van der Waals surface area contributed by atoms with Gasteiger partial charge in [0.25, 0.3) is 0 Å². The van der Waals surface area contributed by atoms with Gasteiger partial charge in [-0.15, -0.1) is 5.10 Å². The Hall–Kier alpha value is -2.45. The van der Waals surface area contributed by atoms with Crippen molar-refractivity contribution in [2.75, 3.05) is 43.6 Å². The lowest BCUT2D eigenvalue weighted by molar-refractivity contribution is 0.0601. The Morgan fingerprint density at radius 2 is 2.17 bits per heavy atom. The van der Waals surface area contributed by atoms with Gasteiger partial charge in [0.05, 0.1) is 42.8 Å². The molecule has 2 aromatic rings. The van der Waals surface area contributed by atoms with Crippen LogP contribution in [0.15, 0.2) is 24.4 Å². The average molecular weight is 350 g/mol. The van der Waals surface area contributed by atoms with Crippen LogP contribution in [0.1, 0.15) is 10.4 Å². The maximum Gasteiger partial charge on any atom is 0.337 e. The van der Waals surface area contributed by atoms with Gasteiger partial charge in [-0.25, -0.2) is 4.79 Å². The first-order valence-electron chi connectivity index (χ1n) is 7.34. The highest BCUT2D eigenvalue weighted by Crippen LogP contribution is 2.26. The summed E-state index contributed by atoms with van der Waals surface area (Å²) in [5.74, 6) is 0.551. The molecule has 3 rings (SSSR count). The predicted octanol–water partition coefficient (Wildman–Crippen LogP) is 1.89. The fourth-order valence-corrected chi connectivity index (χ4v) is 2.44. The number of halogens is 1. The van der Waals surface area contributed by atoms with Gasteiger partial charge in [-0.2, -0.15) is 10.1 Å². The summed E-state index contributed by atoms with van der Waals surface area (Å²) in [6.07, 6.45) is 1.60. The lowest BCUT2D eigenvalue weighted by Crippen LogP contribution is -2.37. The van der Waals surface area contributed by atoms with Crippen LogP contribution in [0.3, 0.4) is 0 Å². The van der Waals surface area contributed by atoms with Crippen LogP contribution in [0.5, 0.6) is 0 Å². The smallest absolute Gasteiger partial charge is 0.337 e. The molecule has 126 valence electrons. The average Bonchev–Trinajstić information content (AvgIpc) is 2.64. The fraction of sp³-hybridized carbons (Fsp3) is 0.333. The van der Waals surface area contributed by atoms with Crippen molar-refractivity contribution in [3.63, 3.8) is 0 Å². The Morgan fingerprint density at radius 1 is 1.38 bits per heavy atom. The number of carbonyl (C=O) groups excluding carboxylic acids is 1. The Labute approximate surface area is 143 Å². The second kappa shape index (κ2) is 7.41. The number of benzene rings is 1. The highest BCUT2D eigenvalue weighted by atomic mass is 35.5. The van der Waals surface area contributed by atoms with Crippen LogP contribution in [-0.4, -0.2) is 54.6 Å². The first-order chi connectivity index (χ1) is 11.7. The Morgan fingerprint density at radius 3 is 2.92 bits per heavy atom. The molecule has 24 heavy (non-hydrogen) atoms. The zero-order valence-corrected chi connectivity index (χ0v) is 13.8. The lowest BCUT2D eigenvalue weighted by Gasteiger charge is -2.27. The topological polar surface area (TPSA) is 89.5 Å². The van der Waals surface area contributed by atoms with Gasteiger partial charge in [-0.05, 0) is 18.2 Å². The van der Waals surface area contributed by atoms with Crippen LogP contribution in [-0.2, 0) is 9.47 Å². The third-order valence-electron chi connectivity index (χ3n) is 3.52. The number of aromatic nitrogens is 3. The van der Waals surface area contributed by atoms with Crippen LogP contribution >= 0.6 is 11.6 Å². The molecule has 1 aliphatic rings. The number of nitrogens with one attached hydrogen (secondary N) is 1. The summed E-state index contributed by atoms with van der Waals surface area (Å²) in [6, 6.07) is 4.77. The molecule has 0 saturated carbocycles. The second-order valence-corrected chi connectivity index (χ2v) is 5.46. The molecule has 8 nitrogen and oxygen atoms in total. The molecule has 0 bridgehead atoms. The van der Waals surface area contributed by atoms with Crippen molar-refractivity contribution in [3.05, 3.63) is 35.0 Å². The molecule has 0 atom stereocenters. The number of anilines is 3. The molecule has 2 heterocycles. The number of rotatable bonds is 4. The highest BCUT2D eigenvalue weighted by molar-refractivity contribution is 6.33. The van der Waals surface area contributed by atoms with Crippen LogP contribution in [0, 0.1) is 0 Å². The van der Waals surface area contributed by atoms with Crippen LogP contribution in [0.25, 0.3) is 0 Å². The third kappa shape index (κ3) is 3.72. The normalized spacial score (nSPS) is 14.3. The molecular weight excluding hydrogens is 334 g/mol. The molecule has 0 amide bonds. The number of esters is 1. The van der Waals surface area contributed by atoms with Gasteiger partial charge in [0.1, 0.15) is 0 Å². The molecule has 1 aromatic carbocycles. The van der Waals surface area contributed by atoms with Crippen molar-refractivity contribution in [1.29, 1.82) is 0 Å². The van der Waals surface area contributed by atoms with Gasteiger partial charge < -0.3 is 19.7 Å². The number of hydrogen-bond donors (Lipinski definition) is 1. The van der Waals surface area contributed by atoms with E-state index in [1.54, 1.807) is 24.4 Å². The molecule has 1 N–H and O–H groups in total. The van der Waals surface area contributed by atoms with E-state index in [1.165, 1.54) is 7.11 Å². The Kier molecular flexibility index (Phi) is 5.07. The van der Waals surface area contributed by atoms with E-state index in [1.807, 2.05) is 0 Å². The van der Waals surface area contributed by atoms with E-state index in [0.717, 1.165) is 13.1 Å². The van der Waals surface area contributed by atoms with Gasteiger partial charge in [0.2, 0.25) is 5.95 Å². The zero-order chi connectivity index (χ0) is 16.9. The first-order valence-corrected chi connectivity index (χ1v) is 7.72. The molecule has 0 spiro atoms. The molecular formula is C15H16ClN5O3. The second-order valence-electron chi connectivity index (χ2n) is 5.05. The monoisotopic (exact) mass is 349 g/mol. The van der Waals surface area contributed by atoms with E-state index >= 15 is 0 Å². The predicted molar refractivity (Wildman–Crippen MR) is 88.9 cm³/mol. The minimum atomic E-state index is -0.448. The minimum absolute atomic E-state index is 0.294. The summed E-state index contributed by atoms with van der Waals surface area (Å²) in [6.45, 7) is 2.80. The van der Waals surface area contributed by atoms with Crippen molar-refractivity contribution < 1.29 is 14.3 Å². The lowest BCUT2D eigenvalue weighted by atomic mass is 10.2. The van der Waals surface area contributed by atoms with Gasteiger partial charge >= 0.3 is 5.97 Å². The number of morpholine rings is 1. The SMILES string of the molecule is COC(=O)c1ccc(Cl)c(Nc2nncc(N3CCOCC3)n2)c1. The van der Waals surface area contributed by atoms with E-state index in [0.29, 0.717) is 41.3 Å². The summed E-state index contributed by atoms with van der Waals surface area (Å²) in [7, 11) is 1.32. The first kappa shape index (κ1) is 16.4. The van der Waals surface area contributed by atoms with Crippen LogP contribution in [0.4, 0.5) is 17.5 Å². The number of methoxy groups -OCH3 is 1. The van der Waals surface area contributed by atoms with Crippen molar-refractivity contribution in [2.45, 2.75) is 0 Å². The van der Waals surface area contributed by atoms with E-state index < -0.39 is 5.97 Å². The van der Waals surface area contributed by atoms with Gasteiger partial charge in [-0.1, -0.05) is 11.6 Å².